The zero-order valence-electron chi connectivity index (χ0n) is 21.5. The predicted octanol–water partition coefficient (Wildman–Crippen LogP) is 3.59. The average Bonchev–Trinajstić information content (AvgIpc) is 3.84. The van der Waals surface area contributed by atoms with Crippen LogP contribution in [-0.2, 0) is 15.0 Å². The normalized spacial score (nSPS) is 21.9. The van der Waals surface area contributed by atoms with Crippen molar-refractivity contribution in [1.29, 1.82) is 5.26 Å². The summed E-state index contributed by atoms with van der Waals surface area (Å²) in [5, 5.41) is 12.7. The number of nitrogens with one attached hydrogen (secondary N) is 1. The van der Waals surface area contributed by atoms with Gasteiger partial charge in [-0.1, -0.05) is 23.7 Å². The van der Waals surface area contributed by atoms with Gasteiger partial charge < -0.3 is 16.0 Å². The Bertz CT molecular complexity index is 1300. The Balaban J connectivity index is 0.000000379. The fraction of sp³-hybridized carbons (Fsp3) is 0.407. The lowest BCUT2D eigenvalue weighted by atomic mass is 9.98. The summed E-state index contributed by atoms with van der Waals surface area (Å²) in [4.78, 5) is 30.3. The maximum atomic E-state index is 14.5. The number of hydrogen-bond acceptors (Lipinski definition) is 8. The molecular weight excluding hydrogens is 541 g/mol. The van der Waals surface area contributed by atoms with E-state index in [0.717, 1.165) is 29.8 Å². The lowest BCUT2D eigenvalue weighted by Gasteiger charge is -2.27. The number of likely N-dealkylation sites (tertiary alicyclic amines) is 1. The number of carbonyl (C=O) groups is 2. The summed E-state index contributed by atoms with van der Waals surface area (Å²) in [6.07, 6.45) is 8.64. The van der Waals surface area contributed by atoms with E-state index >= 15 is 0 Å². The Morgan fingerprint density at radius 3 is 2.64 bits per heavy atom. The lowest BCUT2D eigenvalue weighted by Crippen LogP contribution is -2.42. The quantitative estimate of drug-likeness (QED) is 0.248. The number of anilines is 1. The summed E-state index contributed by atoms with van der Waals surface area (Å²) in [7, 11) is 0. The molecule has 2 unspecified atom stereocenters. The van der Waals surface area contributed by atoms with Crippen LogP contribution in [0.2, 0.25) is 5.02 Å². The van der Waals surface area contributed by atoms with E-state index < -0.39 is 16.8 Å². The predicted molar refractivity (Wildman–Crippen MR) is 149 cm³/mol. The van der Waals surface area contributed by atoms with Crippen molar-refractivity contribution in [3.05, 3.63) is 65.5 Å². The number of hydrogen-bond donors (Lipinski definition) is 3. The van der Waals surface area contributed by atoms with E-state index in [1.807, 2.05) is 42.2 Å². The first kappa shape index (κ1) is 28.7. The van der Waals surface area contributed by atoms with Crippen molar-refractivity contribution in [2.75, 3.05) is 11.6 Å². The van der Waals surface area contributed by atoms with Gasteiger partial charge in [0.25, 0.3) is 0 Å². The molecular formula is C27H31ClFN7O2S. The highest BCUT2D eigenvalue weighted by Crippen LogP contribution is 2.51. The zero-order chi connectivity index (χ0) is 28.2. The molecule has 2 heterocycles. The summed E-state index contributed by atoms with van der Waals surface area (Å²) in [5.74, 6) is 5.52. The van der Waals surface area contributed by atoms with E-state index in [1.54, 1.807) is 18.0 Å². The first-order valence-electron chi connectivity index (χ1n) is 12.6. The second-order valence-electron chi connectivity index (χ2n) is 10.0. The maximum Gasteiger partial charge on any atom is 0.235 e. The first-order valence-corrected chi connectivity index (χ1v) is 13.9. The second kappa shape index (κ2) is 11.8. The summed E-state index contributed by atoms with van der Waals surface area (Å²) in [6, 6.07) is 11.1. The van der Waals surface area contributed by atoms with Gasteiger partial charge in [0.05, 0.1) is 27.9 Å². The average molecular weight is 572 g/mol. The second-order valence-corrected chi connectivity index (χ2v) is 11.8. The van der Waals surface area contributed by atoms with E-state index in [-0.39, 0.29) is 27.9 Å². The van der Waals surface area contributed by atoms with E-state index in [0.29, 0.717) is 25.8 Å². The molecule has 2 aromatic rings. The van der Waals surface area contributed by atoms with Gasteiger partial charge in [0.1, 0.15) is 11.4 Å². The number of rotatable bonds is 8. The Morgan fingerprint density at radius 1 is 1.36 bits per heavy atom. The Hall–Kier alpha value is -3.33. The molecule has 39 heavy (non-hydrogen) atoms. The maximum absolute atomic E-state index is 14.5. The van der Waals surface area contributed by atoms with Crippen molar-refractivity contribution < 1.29 is 14.0 Å². The van der Waals surface area contributed by atoms with E-state index in [2.05, 4.69) is 10.3 Å². The van der Waals surface area contributed by atoms with Crippen molar-refractivity contribution in [3.63, 3.8) is 0 Å². The number of pyridine rings is 1. The van der Waals surface area contributed by atoms with Gasteiger partial charge in [0.15, 0.2) is 0 Å². The number of amides is 2. The lowest BCUT2D eigenvalue weighted by molar-refractivity contribution is -0.134. The zero-order valence-corrected chi connectivity index (χ0v) is 23.1. The minimum Gasteiger partial charge on any atom is -0.403 e. The molecule has 0 spiro atoms. The molecule has 5 N–H and O–H groups in total. The number of nitriles is 1. The van der Waals surface area contributed by atoms with Crippen LogP contribution in [0.1, 0.15) is 44.7 Å². The topological polar surface area (TPSA) is 141 Å². The van der Waals surface area contributed by atoms with Crippen LogP contribution >= 0.6 is 23.4 Å². The molecule has 3 aliphatic rings. The Kier molecular flexibility index (Phi) is 8.69. The molecule has 0 bridgehead atoms. The largest absolute Gasteiger partial charge is 0.403 e. The van der Waals surface area contributed by atoms with Crippen LogP contribution in [0, 0.1) is 17.1 Å². The number of carbonyl (C=O) groups excluding carboxylic acids is 2. The van der Waals surface area contributed by atoms with Gasteiger partial charge in [-0.15, -0.1) is 11.8 Å². The van der Waals surface area contributed by atoms with E-state index in [1.165, 1.54) is 23.5 Å². The Morgan fingerprint density at radius 2 is 2.08 bits per heavy atom. The van der Waals surface area contributed by atoms with Crippen LogP contribution in [-0.4, -0.2) is 45.6 Å². The van der Waals surface area contributed by atoms with Crippen LogP contribution in [0.3, 0.4) is 0 Å². The number of nitrogens with zero attached hydrogens (tertiary/aromatic N) is 4. The number of hydrazine groups is 1. The van der Waals surface area contributed by atoms with Crippen LogP contribution < -0.4 is 21.9 Å². The van der Waals surface area contributed by atoms with Crippen LogP contribution in [0.15, 0.2) is 53.8 Å². The minimum atomic E-state index is -0.861. The van der Waals surface area contributed by atoms with Crippen LogP contribution in [0.25, 0.3) is 0 Å². The molecule has 12 heteroatoms. The summed E-state index contributed by atoms with van der Waals surface area (Å²) >= 11 is 7.54. The molecule has 1 aliphatic heterocycles. The van der Waals surface area contributed by atoms with Crippen LogP contribution in [0.5, 0.6) is 0 Å². The summed E-state index contributed by atoms with van der Waals surface area (Å²) < 4.78 is 14.5. The van der Waals surface area contributed by atoms with Gasteiger partial charge in [0, 0.05) is 41.3 Å². The van der Waals surface area contributed by atoms with Gasteiger partial charge in [0.2, 0.25) is 12.3 Å². The number of para-hydroxylation sites is 1. The Labute approximate surface area is 236 Å². The third kappa shape index (κ3) is 6.30. The molecule has 1 saturated heterocycles. The van der Waals surface area contributed by atoms with Crippen molar-refractivity contribution >= 4 is 41.4 Å². The molecule has 1 aromatic carbocycles. The van der Waals surface area contributed by atoms with Crippen LogP contribution in [0.4, 0.5) is 10.1 Å². The fourth-order valence-corrected chi connectivity index (χ4v) is 6.28. The molecule has 5 rings (SSSR count). The highest BCUT2D eigenvalue weighted by atomic mass is 35.5. The standard InChI is InChI=1S/C22H25ClFN5OS.C5H6N2O/c1-14-10-16(31-19-5-3-2-4-18(19)29(26)9-8-25)13-28(14)21(30)22(6-7-22)20-17(24)11-15(23)12-27-20;6-3-5(1-2-5)7-4-8/h2-5,8-9,11-12,14,16H,6-7,10,13,25-26H2,1H3;4H,1-2H2,(H,7,8)/b9-8-;. The van der Waals surface area contributed by atoms with Gasteiger partial charge in [-0.3, -0.25) is 19.6 Å². The van der Waals surface area contributed by atoms with Crippen molar-refractivity contribution in [2.45, 2.75) is 66.2 Å². The van der Waals surface area contributed by atoms with Crippen molar-refractivity contribution in [3.8, 4) is 6.07 Å². The monoisotopic (exact) mass is 571 g/mol. The SMILES string of the molecule is CC1CC(Sc2ccccc2N(N)/C=C\N)CN1C(=O)C1(c2ncc(Cl)cc2F)CC1.N#CC1(NC=O)CC1. The van der Waals surface area contributed by atoms with Crippen molar-refractivity contribution in [2.24, 2.45) is 11.6 Å². The fourth-order valence-electron chi connectivity index (χ4n) is 4.72. The van der Waals surface area contributed by atoms with Gasteiger partial charge in [-0.25, -0.2) is 10.2 Å². The number of thioether (sulfide) groups is 1. The summed E-state index contributed by atoms with van der Waals surface area (Å²) in [5.41, 5.74) is 5.20. The molecule has 1 aromatic heterocycles. The molecule has 2 aliphatic carbocycles. The number of benzene rings is 1. The minimum absolute atomic E-state index is 0.0448. The third-order valence-corrected chi connectivity index (χ3v) is 8.68. The highest BCUT2D eigenvalue weighted by molar-refractivity contribution is 8.00. The molecule has 3 fully saturated rings. The smallest absolute Gasteiger partial charge is 0.235 e. The van der Waals surface area contributed by atoms with E-state index in [4.69, 9.17) is 28.4 Å². The van der Waals surface area contributed by atoms with E-state index in [9.17, 15) is 14.0 Å². The molecule has 0 radical (unpaired) electrons. The molecule has 206 valence electrons. The van der Waals surface area contributed by atoms with Gasteiger partial charge in [-0.05, 0) is 57.2 Å². The number of nitrogens with two attached hydrogens (primary N) is 2. The molecule has 2 atom stereocenters. The van der Waals surface area contributed by atoms with Crippen molar-refractivity contribution in [1.82, 2.24) is 15.2 Å². The number of aromatic nitrogens is 1. The summed E-state index contributed by atoms with van der Waals surface area (Å²) in [6.45, 7) is 2.63. The third-order valence-electron chi connectivity index (χ3n) is 7.20. The van der Waals surface area contributed by atoms with Gasteiger partial charge in [-0.2, -0.15) is 5.26 Å². The molecule has 9 nitrogen and oxygen atoms in total. The molecule has 2 saturated carbocycles. The first-order chi connectivity index (χ1) is 18.7. The number of halogens is 2. The van der Waals surface area contributed by atoms with Gasteiger partial charge >= 0.3 is 0 Å². The highest BCUT2D eigenvalue weighted by Gasteiger charge is 2.57. The molecule has 2 amide bonds.